The van der Waals surface area contributed by atoms with Gasteiger partial charge in [-0.05, 0) is 23.8 Å². The Morgan fingerprint density at radius 3 is 2.48 bits per heavy atom. The molecular formula is C18H23ClN5O+. The van der Waals surface area contributed by atoms with Crippen LogP contribution in [-0.2, 0) is 11.3 Å². The molecule has 132 valence electrons. The molecule has 0 unspecified atom stereocenters. The van der Waals surface area contributed by atoms with Crippen LogP contribution in [-0.4, -0.2) is 60.5 Å². The van der Waals surface area contributed by atoms with Gasteiger partial charge in [-0.25, -0.2) is 9.97 Å². The molecule has 1 amide bonds. The van der Waals surface area contributed by atoms with Crippen molar-refractivity contribution in [3.05, 3.63) is 53.3 Å². The summed E-state index contributed by atoms with van der Waals surface area (Å²) in [4.78, 5) is 26.3. The molecule has 2 aromatic rings. The van der Waals surface area contributed by atoms with Gasteiger partial charge in [0.1, 0.15) is 0 Å². The quantitative estimate of drug-likeness (QED) is 0.843. The van der Waals surface area contributed by atoms with Crippen molar-refractivity contribution in [2.24, 2.45) is 0 Å². The van der Waals surface area contributed by atoms with Crippen molar-refractivity contribution in [2.75, 3.05) is 44.7 Å². The normalized spacial score (nSPS) is 15.2. The Morgan fingerprint density at radius 2 is 1.84 bits per heavy atom. The zero-order chi connectivity index (χ0) is 17.6. The van der Waals surface area contributed by atoms with Crippen LogP contribution in [0.15, 0.2) is 42.7 Å². The molecule has 1 aromatic heterocycles. The highest BCUT2D eigenvalue weighted by Crippen LogP contribution is 2.11. The summed E-state index contributed by atoms with van der Waals surface area (Å²) in [7, 11) is 1.85. The van der Waals surface area contributed by atoms with Crippen LogP contribution in [0.5, 0.6) is 0 Å². The lowest BCUT2D eigenvalue weighted by molar-refractivity contribution is -0.892. The fourth-order valence-corrected chi connectivity index (χ4v) is 3.08. The van der Waals surface area contributed by atoms with Crippen molar-refractivity contribution in [1.29, 1.82) is 0 Å². The lowest BCUT2D eigenvalue weighted by Crippen LogP contribution is -3.15. The van der Waals surface area contributed by atoms with Crippen molar-refractivity contribution in [3.63, 3.8) is 0 Å². The predicted molar refractivity (Wildman–Crippen MR) is 97.7 cm³/mol. The van der Waals surface area contributed by atoms with Crippen molar-refractivity contribution >= 4 is 23.5 Å². The molecule has 25 heavy (non-hydrogen) atoms. The molecule has 0 spiro atoms. The zero-order valence-electron chi connectivity index (χ0n) is 14.4. The van der Waals surface area contributed by atoms with E-state index in [2.05, 4.69) is 14.9 Å². The minimum Gasteiger partial charge on any atom is -0.337 e. The molecular weight excluding hydrogens is 338 g/mol. The lowest BCUT2D eigenvalue weighted by Gasteiger charge is -2.32. The second-order valence-electron chi connectivity index (χ2n) is 6.34. The number of amides is 1. The third-order valence-electron chi connectivity index (χ3n) is 4.47. The number of nitrogens with zero attached hydrogens (tertiary/aromatic N) is 4. The Labute approximate surface area is 153 Å². The largest absolute Gasteiger partial charge is 0.337 e. The fourth-order valence-electron chi connectivity index (χ4n) is 2.95. The minimum absolute atomic E-state index is 0.161. The number of hydrogen-bond donors (Lipinski definition) is 1. The van der Waals surface area contributed by atoms with Gasteiger partial charge in [-0.15, -0.1) is 0 Å². The van der Waals surface area contributed by atoms with E-state index in [0.717, 1.165) is 37.7 Å². The number of aromatic nitrogens is 2. The van der Waals surface area contributed by atoms with Gasteiger partial charge in [0.15, 0.2) is 6.54 Å². The van der Waals surface area contributed by atoms with Crippen LogP contribution in [0.4, 0.5) is 5.95 Å². The lowest BCUT2D eigenvalue weighted by atomic mass is 10.2. The van der Waals surface area contributed by atoms with Gasteiger partial charge in [0.25, 0.3) is 5.91 Å². The predicted octanol–water partition coefficient (Wildman–Crippen LogP) is 0.494. The van der Waals surface area contributed by atoms with E-state index in [1.807, 2.05) is 37.4 Å². The van der Waals surface area contributed by atoms with Gasteiger partial charge in [-0.2, -0.15) is 0 Å². The van der Waals surface area contributed by atoms with Crippen molar-refractivity contribution in [1.82, 2.24) is 14.9 Å². The summed E-state index contributed by atoms with van der Waals surface area (Å²) in [5, 5.41) is 0.711. The molecule has 0 radical (unpaired) electrons. The number of carbonyl (C=O) groups is 1. The number of halogens is 1. The first-order chi connectivity index (χ1) is 12.1. The van der Waals surface area contributed by atoms with Crippen LogP contribution in [0.1, 0.15) is 5.56 Å². The average Bonchev–Trinajstić information content (AvgIpc) is 2.65. The maximum absolute atomic E-state index is 12.5. The molecule has 3 rings (SSSR count). The van der Waals surface area contributed by atoms with Crippen LogP contribution < -0.4 is 9.80 Å². The molecule has 0 atom stereocenters. The van der Waals surface area contributed by atoms with Crippen LogP contribution in [0, 0.1) is 0 Å². The van der Waals surface area contributed by atoms with Gasteiger partial charge >= 0.3 is 0 Å². The maximum atomic E-state index is 12.5. The van der Waals surface area contributed by atoms with E-state index in [1.165, 1.54) is 4.90 Å². The van der Waals surface area contributed by atoms with E-state index in [4.69, 9.17) is 11.6 Å². The molecule has 1 aliphatic heterocycles. The summed E-state index contributed by atoms with van der Waals surface area (Å²) < 4.78 is 0. The summed E-state index contributed by atoms with van der Waals surface area (Å²) >= 11 is 5.90. The Bertz CT molecular complexity index is 686. The third-order valence-corrected chi connectivity index (χ3v) is 4.72. The van der Waals surface area contributed by atoms with Gasteiger partial charge in [-0.1, -0.05) is 23.7 Å². The topological polar surface area (TPSA) is 53.8 Å². The Kier molecular flexibility index (Phi) is 5.83. The number of quaternary nitrogens is 1. The number of benzene rings is 1. The monoisotopic (exact) mass is 360 g/mol. The van der Waals surface area contributed by atoms with Crippen molar-refractivity contribution < 1.29 is 9.69 Å². The molecule has 7 heteroatoms. The Hall–Kier alpha value is -2.18. The first kappa shape index (κ1) is 17.6. The van der Waals surface area contributed by atoms with Gasteiger partial charge < -0.3 is 14.7 Å². The van der Waals surface area contributed by atoms with Gasteiger partial charge in [0, 0.05) is 31.0 Å². The maximum Gasteiger partial charge on any atom is 0.277 e. The molecule has 0 bridgehead atoms. The highest BCUT2D eigenvalue weighted by Gasteiger charge is 2.24. The summed E-state index contributed by atoms with van der Waals surface area (Å²) in [6.07, 6.45) is 3.52. The fraction of sp³-hybridized carbons (Fsp3) is 0.389. The number of piperazine rings is 1. The van der Waals surface area contributed by atoms with Crippen LogP contribution in [0.25, 0.3) is 0 Å². The zero-order valence-corrected chi connectivity index (χ0v) is 15.1. The third kappa shape index (κ3) is 4.90. The molecule has 1 saturated heterocycles. The van der Waals surface area contributed by atoms with Gasteiger partial charge in [0.2, 0.25) is 5.95 Å². The Morgan fingerprint density at radius 1 is 1.20 bits per heavy atom. The molecule has 6 nitrogen and oxygen atoms in total. The number of anilines is 1. The highest BCUT2D eigenvalue weighted by molar-refractivity contribution is 6.30. The van der Waals surface area contributed by atoms with E-state index in [-0.39, 0.29) is 5.91 Å². The average molecular weight is 361 g/mol. The second-order valence-corrected chi connectivity index (χ2v) is 6.78. The molecule has 1 fully saturated rings. The smallest absolute Gasteiger partial charge is 0.277 e. The summed E-state index contributed by atoms with van der Waals surface area (Å²) in [6.45, 7) is 4.69. The van der Waals surface area contributed by atoms with Crippen LogP contribution >= 0.6 is 11.6 Å². The number of likely N-dealkylation sites (N-methyl/N-ethyl adjacent to an activating group) is 1. The standard InChI is InChI=1S/C18H22ClN5O/c1-22(13-15-3-5-16(19)6-4-15)17(25)14-23-9-11-24(12-10-23)18-20-7-2-8-21-18/h2-8H,9-14H2,1H3/p+1. The summed E-state index contributed by atoms with van der Waals surface area (Å²) in [5.74, 6) is 0.932. The number of nitrogens with one attached hydrogen (secondary N) is 1. The Balaban J connectivity index is 1.46. The van der Waals surface area contributed by atoms with E-state index < -0.39 is 0 Å². The van der Waals surface area contributed by atoms with Gasteiger partial charge in [-0.3, -0.25) is 4.79 Å². The first-order valence-electron chi connectivity index (χ1n) is 8.46. The van der Waals surface area contributed by atoms with Crippen molar-refractivity contribution in [3.8, 4) is 0 Å². The SMILES string of the molecule is CN(Cc1ccc(Cl)cc1)C(=O)C[NH+]1CCN(c2ncccn2)CC1. The number of rotatable bonds is 5. The van der Waals surface area contributed by atoms with E-state index in [9.17, 15) is 4.79 Å². The highest BCUT2D eigenvalue weighted by atomic mass is 35.5. The number of carbonyl (C=O) groups excluding carboxylic acids is 1. The molecule has 1 aliphatic rings. The number of hydrogen-bond acceptors (Lipinski definition) is 4. The molecule has 2 heterocycles. The summed E-state index contributed by atoms with van der Waals surface area (Å²) in [6, 6.07) is 9.44. The minimum atomic E-state index is 0.161. The molecule has 1 N–H and O–H groups in total. The van der Waals surface area contributed by atoms with Crippen LogP contribution in [0.2, 0.25) is 5.02 Å². The second kappa shape index (κ2) is 8.27. The van der Waals surface area contributed by atoms with Crippen LogP contribution in [0.3, 0.4) is 0 Å². The first-order valence-corrected chi connectivity index (χ1v) is 8.83. The summed E-state index contributed by atoms with van der Waals surface area (Å²) in [5.41, 5.74) is 1.08. The van der Waals surface area contributed by atoms with Crippen molar-refractivity contribution in [2.45, 2.75) is 6.54 Å². The van der Waals surface area contributed by atoms with Gasteiger partial charge in [0.05, 0.1) is 26.2 Å². The molecule has 1 aromatic carbocycles. The van der Waals surface area contributed by atoms with E-state index in [1.54, 1.807) is 17.3 Å². The van der Waals surface area contributed by atoms with E-state index >= 15 is 0 Å². The molecule has 0 aliphatic carbocycles. The van der Waals surface area contributed by atoms with E-state index in [0.29, 0.717) is 18.1 Å². The molecule has 0 saturated carbocycles.